The van der Waals surface area contributed by atoms with Crippen LogP contribution < -0.4 is 5.73 Å². The molecule has 3 nitrogen and oxygen atoms in total. The topological polar surface area (TPSA) is 43.8 Å². The molecule has 0 fully saturated rings. The van der Waals surface area contributed by atoms with E-state index in [0.29, 0.717) is 21.8 Å². The van der Waals surface area contributed by atoms with E-state index >= 15 is 0 Å². The van der Waals surface area contributed by atoms with E-state index in [0.717, 1.165) is 17.8 Å². The maximum absolute atomic E-state index is 6.16. The highest BCUT2D eigenvalue weighted by atomic mass is 35.5. The Morgan fingerprint density at radius 3 is 2.61 bits per heavy atom. The van der Waals surface area contributed by atoms with Crippen LogP contribution in [-0.4, -0.2) is 9.78 Å². The number of nitrogens with two attached hydrogens (primary N) is 1. The molecule has 18 heavy (non-hydrogen) atoms. The summed E-state index contributed by atoms with van der Waals surface area (Å²) in [7, 11) is 0. The molecule has 0 amide bonds. The van der Waals surface area contributed by atoms with Gasteiger partial charge in [-0.25, -0.2) is 4.68 Å². The molecule has 0 saturated carbocycles. The van der Waals surface area contributed by atoms with Gasteiger partial charge in [0.2, 0.25) is 0 Å². The molecule has 0 unspecified atom stereocenters. The van der Waals surface area contributed by atoms with Gasteiger partial charge in [0.05, 0.1) is 10.7 Å². The Kier molecular flexibility index (Phi) is 3.83. The Hall–Kier alpha value is -1.19. The second kappa shape index (κ2) is 5.21. The Bertz CT molecular complexity index is 561. The molecule has 0 aliphatic rings. The summed E-state index contributed by atoms with van der Waals surface area (Å²) < 4.78 is 1.80. The smallest absolute Gasteiger partial charge is 0.122 e. The third kappa shape index (κ3) is 2.79. The lowest BCUT2D eigenvalue weighted by molar-refractivity contribution is 0.489. The Morgan fingerprint density at radius 1 is 1.28 bits per heavy atom. The highest BCUT2D eigenvalue weighted by molar-refractivity contribution is 6.36. The minimum atomic E-state index is 0.487. The van der Waals surface area contributed by atoms with Gasteiger partial charge in [-0.2, -0.15) is 5.10 Å². The molecule has 0 aliphatic heterocycles. The van der Waals surface area contributed by atoms with E-state index in [1.54, 1.807) is 16.8 Å². The van der Waals surface area contributed by atoms with Crippen molar-refractivity contribution in [2.45, 2.75) is 20.4 Å². The van der Waals surface area contributed by atoms with Crippen LogP contribution in [0, 0.1) is 5.92 Å². The molecule has 1 heterocycles. The van der Waals surface area contributed by atoms with Crippen LogP contribution >= 0.6 is 23.2 Å². The highest BCUT2D eigenvalue weighted by Crippen LogP contribution is 2.30. The van der Waals surface area contributed by atoms with Gasteiger partial charge in [0.25, 0.3) is 0 Å². The zero-order chi connectivity index (χ0) is 13.3. The number of rotatable bonds is 3. The van der Waals surface area contributed by atoms with Gasteiger partial charge in [-0.15, -0.1) is 0 Å². The van der Waals surface area contributed by atoms with Crippen LogP contribution in [0.5, 0.6) is 0 Å². The standard InChI is InChI=1S/C13H15Cl2N3/c1-8(2)7-18-13(16)6-12(17-18)10-4-3-9(14)5-11(10)15/h3-6,8H,7,16H2,1-2H3. The summed E-state index contributed by atoms with van der Waals surface area (Å²) in [6, 6.07) is 7.18. The van der Waals surface area contributed by atoms with Crippen molar-refractivity contribution >= 4 is 29.0 Å². The van der Waals surface area contributed by atoms with Gasteiger partial charge in [-0.05, 0) is 24.1 Å². The van der Waals surface area contributed by atoms with Crippen LogP contribution in [0.4, 0.5) is 5.82 Å². The van der Waals surface area contributed by atoms with E-state index in [1.165, 1.54) is 0 Å². The van der Waals surface area contributed by atoms with Crippen molar-refractivity contribution in [3.05, 3.63) is 34.3 Å². The second-order valence-corrected chi connectivity index (χ2v) is 5.50. The summed E-state index contributed by atoms with van der Waals surface area (Å²) in [6.45, 7) is 5.03. The van der Waals surface area contributed by atoms with Crippen molar-refractivity contribution < 1.29 is 0 Å². The molecule has 2 N–H and O–H groups in total. The maximum Gasteiger partial charge on any atom is 0.122 e. The van der Waals surface area contributed by atoms with Gasteiger partial charge in [-0.3, -0.25) is 0 Å². The molecule has 0 spiro atoms. The van der Waals surface area contributed by atoms with E-state index in [-0.39, 0.29) is 0 Å². The third-order valence-corrected chi connectivity index (χ3v) is 3.10. The third-order valence-electron chi connectivity index (χ3n) is 2.56. The molecular formula is C13H15Cl2N3. The first-order valence-electron chi connectivity index (χ1n) is 5.76. The van der Waals surface area contributed by atoms with E-state index in [1.807, 2.05) is 12.1 Å². The second-order valence-electron chi connectivity index (χ2n) is 4.65. The molecule has 1 aromatic carbocycles. The van der Waals surface area contributed by atoms with Crippen molar-refractivity contribution in [2.24, 2.45) is 5.92 Å². The fraction of sp³-hybridized carbons (Fsp3) is 0.308. The van der Waals surface area contributed by atoms with Crippen LogP contribution in [0.1, 0.15) is 13.8 Å². The summed E-state index contributed by atoms with van der Waals surface area (Å²) in [4.78, 5) is 0. The molecule has 0 bridgehead atoms. The van der Waals surface area contributed by atoms with Gasteiger partial charge in [0, 0.05) is 23.2 Å². The lowest BCUT2D eigenvalue weighted by Gasteiger charge is -2.06. The zero-order valence-corrected chi connectivity index (χ0v) is 11.8. The van der Waals surface area contributed by atoms with Crippen molar-refractivity contribution in [1.29, 1.82) is 0 Å². The van der Waals surface area contributed by atoms with Crippen LogP contribution in [0.3, 0.4) is 0 Å². The Balaban J connectivity index is 2.39. The van der Waals surface area contributed by atoms with E-state index in [9.17, 15) is 0 Å². The molecule has 0 saturated heterocycles. The lowest BCUT2D eigenvalue weighted by atomic mass is 10.1. The first-order valence-corrected chi connectivity index (χ1v) is 6.51. The minimum Gasteiger partial charge on any atom is -0.384 e. The number of aromatic nitrogens is 2. The molecule has 2 rings (SSSR count). The van der Waals surface area contributed by atoms with Crippen LogP contribution in [0.25, 0.3) is 11.3 Å². The van der Waals surface area contributed by atoms with Gasteiger partial charge in [0.15, 0.2) is 0 Å². The van der Waals surface area contributed by atoms with Gasteiger partial charge < -0.3 is 5.73 Å². The predicted octanol–water partition coefficient (Wildman–Crippen LogP) is 4.10. The molecule has 0 radical (unpaired) electrons. The summed E-state index contributed by atoms with van der Waals surface area (Å²) in [5.74, 6) is 1.13. The fourth-order valence-electron chi connectivity index (χ4n) is 1.75. The number of benzene rings is 1. The first-order chi connectivity index (χ1) is 8.47. The lowest BCUT2D eigenvalue weighted by Crippen LogP contribution is -2.09. The predicted molar refractivity (Wildman–Crippen MR) is 76.9 cm³/mol. The average Bonchev–Trinajstić information content (AvgIpc) is 2.59. The van der Waals surface area contributed by atoms with Gasteiger partial charge >= 0.3 is 0 Å². The number of nitrogens with zero attached hydrogens (tertiary/aromatic N) is 2. The van der Waals surface area contributed by atoms with Crippen molar-refractivity contribution in [2.75, 3.05) is 5.73 Å². The van der Waals surface area contributed by atoms with Crippen LogP contribution in [0.2, 0.25) is 10.0 Å². The van der Waals surface area contributed by atoms with E-state index in [4.69, 9.17) is 28.9 Å². The fourth-order valence-corrected chi connectivity index (χ4v) is 2.26. The van der Waals surface area contributed by atoms with E-state index < -0.39 is 0 Å². The largest absolute Gasteiger partial charge is 0.384 e. The maximum atomic E-state index is 6.16. The SMILES string of the molecule is CC(C)Cn1nc(-c2ccc(Cl)cc2Cl)cc1N. The Labute approximate surface area is 117 Å². The van der Waals surface area contributed by atoms with Crippen molar-refractivity contribution in [3.8, 4) is 11.3 Å². The molecule has 2 aromatic rings. The molecule has 0 aliphatic carbocycles. The molecular weight excluding hydrogens is 269 g/mol. The zero-order valence-electron chi connectivity index (χ0n) is 10.3. The number of hydrogen-bond acceptors (Lipinski definition) is 2. The van der Waals surface area contributed by atoms with Crippen molar-refractivity contribution in [3.63, 3.8) is 0 Å². The van der Waals surface area contributed by atoms with Crippen LogP contribution in [0.15, 0.2) is 24.3 Å². The van der Waals surface area contributed by atoms with Crippen molar-refractivity contribution in [1.82, 2.24) is 9.78 Å². The number of hydrogen-bond donors (Lipinski definition) is 1. The summed E-state index contributed by atoms with van der Waals surface area (Å²) in [5, 5.41) is 5.66. The number of anilines is 1. The van der Waals surface area contributed by atoms with Crippen LogP contribution in [-0.2, 0) is 6.54 Å². The number of nitrogen functional groups attached to an aromatic ring is 1. The Morgan fingerprint density at radius 2 is 2.00 bits per heavy atom. The van der Waals surface area contributed by atoms with Gasteiger partial charge in [-0.1, -0.05) is 37.0 Å². The summed E-state index contributed by atoms with van der Waals surface area (Å²) in [6.07, 6.45) is 0. The molecule has 5 heteroatoms. The highest BCUT2D eigenvalue weighted by Gasteiger charge is 2.11. The molecule has 96 valence electrons. The molecule has 1 aromatic heterocycles. The summed E-state index contributed by atoms with van der Waals surface area (Å²) >= 11 is 12.0. The first kappa shape index (κ1) is 13.2. The summed E-state index contributed by atoms with van der Waals surface area (Å²) in [5.41, 5.74) is 7.55. The monoisotopic (exact) mass is 283 g/mol. The molecule has 0 atom stereocenters. The number of halogens is 2. The average molecular weight is 284 g/mol. The quantitative estimate of drug-likeness (QED) is 0.922. The minimum absolute atomic E-state index is 0.487. The normalized spacial score (nSPS) is 11.2. The van der Waals surface area contributed by atoms with Gasteiger partial charge in [0.1, 0.15) is 5.82 Å². The van der Waals surface area contributed by atoms with E-state index in [2.05, 4.69) is 18.9 Å².